The molecule has 0 aromatic carbocycles. The maximum Gasteiger partial charge on any atom is 0.180 e. The second kappa shape index (κ2) is 6.39. The minimum Gasteiger partial charge on any atom is -0.396 e. The van der Waals surface area contributed by atoms with Gasteiger partial charge in [-0.05, 0) is 25.3 Å². The standard InChI is InChI=1S/C10H17N3OS.ClH/c11-10-12-4-9(15-10)6-13-3-1-2-8(5-13)7-14;/h4,8,14H,1-3,5-7H2,(H2,11,12);1H. The Labute approximate surface area is 106 Å². The fourth-order valence-corrected chi connectivity index (χ4v) is 2.79. The summed E-state index contributed by atoms with van der Waals surface area (Å²) in [6, 6.07) is 0. The van der Waals surface area contributed by atoms with E-state index >= 15 is 0 Å². The van der Waals surface area contributed by atoms with Crippen molar-refractivity contribution in [2.45, 2.75) is 19.4 Å². The zero-order chi connectivity index (χ0) is 10.7. The van der Waals surface area contributed by atoms with Crippen LogP contribution in [0.4, 0.5) is 5.13 Å². The molecule has 1 unspecified atom stereocenters. The molecule has 0 saturated carbocycles. The number of hydrogen-bond donors (Lipinski definition) is 2. The molecule has 1 saturated heterocycles. The van der Waals surface area contributed by atoms with E-state index in [1.54, 1.807) is 11.3 Å². The lowest BCUT2D eigenvalue weighted by Gasteiger charge is -2.31. The number of nitrogen functional groups attached to an aromatic ring is 1. The molecule has 1 aliphatic rings. The molecule has 1 aliphatic heterocycles. The quantitative estimate of drug-likeness (QED) is 0.864. The Morgan fingerprint density at radius 1 is 1.62 bits per heavy atom. The molecule has 1 aromatic heterocycles. The Bertz CT molecular complexity index is 321. The van der Waals surface area contributed by atoms with Gasteiger partial charge in [0, 0.05) is 30.8 Å². The minimum absolute atomic E-state index is 0. The third-order valence-corrected chi connectivity index (χ3v) is 3.62. The number of nitrogens with zero attached hydrogens (tertiary/aromatic N) is 2. The number of rotatable bonds is 3. The first-order chi connectivity index (χ1) is 7.28. The SMILES string of the molecule is Cl.Nc1ncc(CN2CCCC(CO)C2)s1. The first-order valence-corrected chi connectivity index (χ1v) is 6.13. The Morgan fingerprint density at radius 2 is 2.44 bits per heavy atom. The van der Waals surface area contributed by atoms with Crippen molar-refractivity contribution >= 4 is 28.9 Å². The molecule has 92 valence electrons. The summed E-state index contributed by atoms with van der Waals surface area (Å²) in [6.07, 6.45) is 4.18. The number of nitrogens with two attached hydrogens (primary N) is 1. The maximum absolute atomic E-state index is 9.12. The summed E-state index contributed by atoms with van der Waals surface area (Å²) in [4.78, 5) is 7.63. The van der Waals surface area contributed by atoms with E-state index in [9.17, 15) is 0 Å². The molecule has 3 N–H and O–H groups in total. The Hall–Kier alpha value is -0.360. The lowest BCUT2D eigenvalue weighted by molar-refractivity contribution is 0.116. The molecule has 0 aliphatic carbocycles. The van der Waals surface area contributed by atoms with Gasteiger partial charge in [-0.3, -0.25) is 4.90 Å². The predicted molar refractivity (Wildman–Crippen MR) is 68.9 cm³/mol. The molecule has 0 radical (unpaired) electrons. The number of hydrogen-bond acceptors (Lipinski definition) is 5. The summed E-state index contributed by atoms with van der Waals surface area (Å²) in [5.74, 6) is 0.448. The highest BCUT2D eigenvalue weighted by molar-refractivity contribution is 7.15. The topological polar surface area (TPSA) is 62.4 Å². The van der Waals surface area contributed by atoms with Crippen LogP contribution in [0.15, 0.2) is 6.20 Å². The molecule has 0 amide bonds. The van der Waals surface area contributed by atoms with Gasteiger partial charge >= 0.3 is 0 Å². The lowest BCUT2D eigenvalue weighted by Crippen LogP contribution is -2.36. The van der Waals surface area contributed by atoms with Crippen molar-refractivity contribution in [1.82, 2.24) is 9.88 Å². The molecule has 6 heteroatoms. The van der Waals surface area contributed by atoms with Gasteiger partial charge in [-0.2, -0.15) is 0 Å². The Balaban J connectivity index is 0.00000128. The third kappa shape index (κ3) is 3.59. The van der Waals surface area contributed by atoms with Crippen molar-refractivity contribution in [2.75, 3.05) is 25.4 Å². The molecule has 1 aromatic rings. The number of piperidine rings is 1. The second-order valence-corrected chi connectivity index (χ2v) is 5.24. The maximum atomic E-state index is 9.12. The second-order valence-electron chi connectivity index (χ2n) is 4.09. The monoisotopic (exact) mass is 263 g/mol. The number of anilines is 1. The highest BCUT2D eigenvalue weighted by Crippen LogP contribution is 2.21. The van der Waals surface area contributed by atoms with Crippen LogP contribution in [0, 0.1) is 5.92 Å². The van der Waals surface area contributed by atoms with Crippen LogP contribution in [0.1, 0.15) is 17.7 Å². The summed E-state index contributed by atoms with van der Waals surface area (Å²) in [6.45, 7) is 3.34. The molecule has 1 fully saturated rings. The van der Waals surface area contributed by atoms with E-state index in [2.05, 4.69) is 9.88 Å². The third-order valence-electron chi connectivity index (χ3n) is 2.81. The van der Waals surface area contributed by atoms with Gasteiger partial charge in [0.2, 0.25) is 0 Å². The molecule has 2 rings (SSSR count). The van der Waals surface area contributed by atoms with E-state index in [1.807, 2.05) is 6.20 Å². The lowest BCUT2D eigenvalue weighted by atomic mass is 9.99. The Morgan fingerprint density at radius 3 is 3.06 bits per heavy atom. The van der Waals surface area contributed by atoms with Gasteiger partial charge in [-0.1, -0.05) is 0 Å². The highest BCUT2D eigenvalue weighted by atomic mass is 35.5. The van der Waals surface area contributed by atoms with E-state index in [0.717, 1.165) is 26.1 Å². The molecular formula is C10H18ClN3OS. The van der Waals surface area contributed by atoms with E-state index in [-0.39, 0.29) is 12.4 Å². The molecule has 16 heavy (non-hydrogen) atoms. The van der Waals surface area contributed by atoms with E-state index in [1.165, 1.54) is 11.3 Å². The Kier molecular flexibility index (Phi) is 5.48. The van der Waals surface area contributed by atoms with Crippen molar-refractivity contribution in [3.8, 4) is 0 Å². The first kappa shape index (κ1) is 13.7. The fraction of sp³-hybridized carbons (Fsp3) is 0.700. The summed E-state index contributed by atoms with van der Waals surface area (Å²) >= 11 is 1.55. The van der Waals surface area contributed by atoms with Crippen LogP contribution in [0.3, 0.4) is 0 Å². The summed E-state index contributed by atoms with van der Waals surface area (Å²) in [5.41, 5.74) is 5.59. The van der Waals surface area contributed by atoms with Gasteiger partial charge in [-0.15, -0.1) is 23.7 Å². The smallest absolute Gasteiger partial charge is 0.180 e. The normalized spacial score (nSPS) is 21.7. The van der Waals surface area contributed by atoms with Crippen LogP contribution < -0.4 is 5.73 Å². The zero-order valence-corrected chi connectivity index (χ0v) is 10.8. The summed E-state index contributed by atoms with van der Waals surface area (Å²) in [7, 11) is 0. The molecule has 1 atom stereocenters. The number of aromatic nitrogens is 1. The number of aliphatic hydroxyl groups is 1. The summed E-state index contributed by atoms with van der Waals surface area (Å²) < 4.78 is 0. The highest BCUT2D eigenvalue weighted by Gasteiger charge is 2.19. The van der Waals surface area contributed by atoms with E-state index in [0.29, 0.717) is 17.7 Å². The van der Waals surface area contributed by atoms with E-state index in [4.69, 9.17) is 10.8 Å². The van der Waals surface area contributed by atoms with Crippen LogP contribution in [-0.4, -0.2) is 34.7 Å². The van der Waals surface area contributed by atoms with Crippen LogP contribution in [-0.2, 0) is 6.54 Å². The average Bonchev–Trinajstić information content (AvgIpc) is 2.64. The number of halogens is 1. The molecule has 2 heterocycles. The van der Waals surface area contributed by atoms with Crippen LogP contribution in [0.5, 0.6) is 0 Å². The van der Waals surface area contributed by atoms with Crippen molar-refractivity contribution in [3.63, 3.8) is 0 Å². The average molecular weight is 264 g/mol. The van der Waals surface area contributed by atoms with Gasteiger partial charge in [0.25, 0.3) is 0 Å². The van der Waals surface area contributed by atoms with E-state index < -0.39 is 0 Å². The van der Waals surface area contributed by atoms with Crippen molar-refractivity contribution < 1.29 is 5.11 Å². The molecular weight excluding hydrogens is 246 g/mol. The fourth-order valence-electron chi connectivity index (χ4n) is 2.06. The number of likely N-dealkylation sites (tertiary alicyclic amines) is 1. The number of aliphatic hydroxyl groups excluding tert-OH is 1. The van der Waals surface area contributed by atoms with Gasteiger partial charge in [0.15, 0.2) is 5.13 Å². The molecule has 4 nitrogen and oxygen atoms in total. The molecule has 0 spiro atoms. The van der Waals surface area contributed by atoms with Crippen LogP contribution >= 0.6 is 23.7 Å². The van der Waals surface area contributed by atoms with Crippen molar-refractivity contribution in [1.29, 1.82) is 0 Å². The minimum atomic E-state index is 0. The van der Waals surface area contributed by atoms with Crippen LogP contribution in [0.25, 0.3) is 0 Å². The van der Waals surface area contributed by atoms with Gasteiger partial charge in [0.1, 0.15) is 0 Å². The summed E-state index contributed by atoms with van der Waals surface area (Å²) in [5, 5.41) is 9.76. The van der Waals surface area contributed by atoms with Crippen LogP contribution in [0.2, 0.25) is 0 Å². The van der Waals surface area contributed by atoms with Crippen molar-refractivity contribution in [2.24, 2.45) is 5.92 Å². The largest absolute Gasteiger partial charge is 0.396 e. The first-order valence-electron chi connectivity index (χ1n) is 5.31. The zero-order valence-electron chi connectivity index (χ0n) is 9.13. The number of thiazole rings is 1. The van der Waals surface area contributed by atoms with Gasteiger partial charge in [-0.25, -0.2) is 4.98 Å². The van der Waals surface area contributed by atoms with Gasteiger partial charge in [0.05, 0.1) is 0 Å². The predicted octanol–water partition coefficient (Wildman–Crippen LogP) is 1.35. The van der Waals surface area contributed by atoms with Gasteiger partial charge < -0.3 is 10.8 Å². The van der Waals surface area contributed by atoms with Crippen molar-refractivity contribution in [3.05, 3.63) is 11.1 Å². The molecule has 0 bridgehead atoms.